The summed E-state index contributed by atoms with van der Waals surface area (Å²) in [6, 6.07) is 5.08. The van der Waals surface area contributed by atoms with Gasteiger partial charge in [-0.3, -0.25) is 4.68 Å². The molecule has 0 saturated heterocycles. The molecule has 0 spiro atoms. The fraction of sp³-hybridized carbons (Fsp3) is 0.231. The van der Waals surface area contributed by atoms with Crippen LogP contribution in [0.3, 0.4) is 0 Å². The van der Waals surface area contributed by atoms with Gasteiger partial charge in [-0.25, -0.2) is 4.79 Å². The molecular formula is C13H13IN2O3. The third kappa shape index (κ3) is 3.46. The van der Waals surface area contributed by atoms with Crippen LogP contribution in [0.1, 0.15) is 22.8 Å². The highest BCUT2D eigenvalue weighted by molar-refractivity contribution is 14.1. The van der Waals surface area contributed by atoms with Gasteiger partial charge in [-0.1, -0.05) is 0 Å². The van der Waals surface area contributed by atoms with Crippen LogP contribution in [0.15, 0.2) is 30.6 Å². The number of rotatable bonds is 5. The number of ether oxygens (including phenoxy) is 1. The lowest BCUT2D eigenvalue weighted by Gasteiger charge is -2.08. The van der Waals surface area contributed by atoms with Crippen molar-refractivity contribution in [3.8, 4) is 5.75 Å². The number of aromatic carboxylic acids is 1. The second-order valence-electron chi connectivity index (χ2n) is 3.94. The number of aryl methyl sites for hydroxylation is 1. The van der Waals surface area contributed by atoms with Gasteiger partial charge in [0.25, 0.3) is 0 Å². The first-order valence-electron chi connectivity index (χ1n) is 5.77. The maximum Gasteiger partial charge on any atom is 0.339 e. The molecule has 0 saturated carbocycles. The Morgan fingerprint density at radius 1 is 1.53 bits per heavy atom. The minimum atomic E-state index is -0.988. The van der Waals surface area contributed by atoms with Crippen molar-refractivity contribution in [1.29, 1.82) is 0 Å². The predicted octanol–water partition coefficient (Wildman–Crippen LogP) is 2.78. The Kier molecular flexibility index (Phi) is 4.41. The van der Waals surface area contributed by atoms with Gasteiger partial charge in [0.05, 0.1) is 6.20 Å². The fourth-order valence-corrected chi connectivity index (χ4v) is 2.10. The Morgan fingerprint density at radius 3 is 2.95 bits per heavy atom. The standard InChI is InChI=1S/C13H13IN2O3/c1-2-16-7-9(6-15-16)8-19-12-4-3-10(14)5-11(12)13(17)18/h3-7H,2,8H2,1H3,(H,17,18). The molecule has 5 nitrogen and oxygen atoms in total. The van der Waals surface area contributed by atoms with Gasteiger partial charge in [-0.2, -0.15) is 5.10 Å². The number of halogens is 1. The highest BCUT2D eigenvalue weighted by Gasteiger charge is 2.12. The van der Waals surface area contributed by atoms with Crippen molar-refractivity contribution < 1.29 is 14.6 Å². The molecule has 2 aromatic rings. The summed E-state index contributed by atoms with van der Waals surface area (Å²) in [6.07, 6.45) is 3.60. The third-order valence-electron chi connectivity index (χ3n) is 2.58. The van der Waals surface area contributed by atoms with Crippen LogP contribution < -0.4 is 4.74 Å². The molecule has 100 valence electrons. The molecule has 0 bridgehead atoms. The quantitative estimate of drug-likeness (QED) is 0.820. The molecule has 0 aliphatic carbocycles. The average Bonchev–Trinajstić information content (AvgIpc) is 2.85. The molecule has 0 aliphatic rings. The normalized spacial score (nSPS) is 10.4. The van der Waals surface area contributed by atoms with E-state index >= 15 is 0 Å². The molecule has 2 rings (SSSR count). The zero-order chi connectivity index (χ0) is 13.8. The van der Waals surface area contributed by atoms with Crippen LogP contribution in [-0.2, 0) is 13.2 Å². The van der Waals surface area contributed by atoms with E-state index in [4.69, 9.17) is 9.84 Å². The Morgan fingerprint density at radius 2 is 2.32 bits per heavy atom. The highest BCUT2D eigenvalue weighted by Crippen LogP contribution is 2.22. The van der Waals surface area contributed by atoms with E-state index in [0.717, 1.165) is 15.7 Å². The lowest BCUT2D eigenvalue weighted by molar-refractivity contribution is 0.0691. The van der Waals surface area contributed by atoms with Crippen LogP contribution in [0, 0.1) is 3.57 Å². The van der Waals surface area contributed by atoms with Crippen molar-refractivity contribution in [2.45, 2.75) is 20.1 Å². The van der Waals surface area contributed by atoms with Gasteiger partial charge in [0, 0.05) is 21.9 Å². The van der Waals surface area contributed by atoms with Gasteiger partial charge in [-0.15, -0.1) is 0 Å². The minimum absolute atomic E-state index is 0.176. The molecule has 1 aromatic carbocycles. The molecule has 1 heterocycles. The van der Waals surface area contributed by atoms with Gasteiger partial charge >= 0.3 is 5.97 Å². The lowest BCUT2D eigenvalue weighted by Crippen LogP contribution is -2.03. The summed E-state index contributed by atoms with van der Waals surface area (Å²) in [5.41, 5.74) is 1.09. The van der Waals surface area contributed by atoms with E-state index in [2.05, 4.69) is 27.7 Å². The SMILES string of the molecule is CCn1cc(COc2ccc(I)cc2C(=O)O)cn1. The molecule has 0 aliphatic heterocycles. The fourth-order valence-electron chi connectivity index (χ4n) is 1.61. The first-order valence-corrected chi connectivity index (χ1v) is 6.85. The van der Waals surface area contributed by atoms with Gasteiger partial charge in [-0.05, 0) is 47.7 Å². The number of aromatic nitrogens is 2. The number of carbonyl (C=O) groups is 1. The zero-order valence-electron chi connectivity index (χ0n) is 10.3. The number of nitrogens with zero attached hydrogens (tertiary/aromatic N) is 2. The molecule has 6 heteroatoms. The summed E-state index contributed by atoms with van der Waals surface area (Å²) in [7, 11) is 0. The van der Waals surface area contributed by atoms with Crippen molar-refractivity contribution in [3.05, 3.63) is 45.3 Å². The smallest absolute Gasteiger partial charge is 0.339 e. The monoisotopic (exact) mass is 372 g/mol. The summed E-state index contributed by atoms with van der Waals surface area (Å²) in [5.74, 6) is -0.616. The topological polar surface area (TPSA) is 64.3 Å². The molecular weight excluding hydrogens is 359 g/mol. The summed E-state index contributed by atoms with van der Waals surface area (Å²) in [5, 5.41) is 13.3. The Balaban J connectivity index is 2.12. The predicted molar refractivity (Wildman–Crippen MR) is 78.4 cm³/mol. The molecule has 1 N–H and O–H groups in total. The van der Waals surface area contributed by atoms with Gasteiger partial charge in [0.1, 0.15) is 17.9 Å². The van der Waals surface area contributed by atoms with E-state index < -0.39 is 5.97 Å². The Labute approximate surface area is 124 Å². The van der Waals surface area contributed by atoms with Crippen molar-refractivity contribution in [2.75, 3.05) is 0 Å². The Bertz CT molecular complexity index is 595. The van der Waals surface area contributed by atoms with Gasteiger partial charge < -0.3 is 9.84 Å². The molecule has 0 amide bonds. The van der Waals surface area contributed by atoms with Crippen LogP contribution in [0.25, 0.3) is 0 Å². The highest BCUT2D eigenvalue weighted by atomic mass is 127. The first-order chi connectivity index (χ1) is 9.10. The van der Waals surface area contributed by atoms with Crippen molar-refractivity contribution in [3.63, 3.8) is 0 Å². The Hall–Kier alpha value is -1.57. The van der Waals surface area contributed by atoms with Gasteiger partial charge in [0.15, 0.2) is 0 Å². The molecule has 19 heavy (non-hydrogen) atoms. The molecule has 0 fully saturated rings. The largest absolute Gasteiger partial charge is 0.488 e. The molecule has 1 aromatic heterocycles. The number of hydrogen-bond acceptors (Lipinski definition) is 3. The number of carboxylic acid groups (broad SMARTS) is 1. The summed E-state index contributed by atoms with van der Waals surface area (Å²) in [6.45, 7) is 3.10. The molecule has 0 atom stereocenters. The second kappa shape index (κ2) is 6.05. The number of benzene rings is 1. The van der Waals surface area contributed by atoms with Crippen LogP contribution in [0.5, 0.6) is 5.75 Å². The lowest BCUT2D eigenvalue weighted by atomic mass is 10.2. The van der Waals surface area contributed by atoms with E-state index in [-0.39, 0.29) is 5.56 Å². The number of hydrogen-bond donors (Lipinski definition) is 1. The zero-order valence-corrected chi connectivity index (χ0v) is 12.5. The van der Waals surface area contributed by atoms with E-state index in [1.165, 1.54) is 0 Å². The van der Waals surface area contributed by atoms with Crippen LogP contribution >= 0.6 is 22.6 Å². The van der Waals surface area contributed by atoms with Crippen LogP contribution in [-0.4, -0.2) is 20.9 Å². The van der Waals surface area contributed by atoms with Crippen molar-refractivity contribution >= 4 is 28.6 Å². The average molecular weight is 372 g/mol. The van der Waals surface area contributed by atoms with Crippen molar-refractivity contribution in [2.24, 2.45) is 0 Å². The summed E-state index contributed by atoms with van der Waals surface area (Å²) in [4.78, 5) is 11.1. The second-order valence-corrected chi connectivity index (χ2v) is 5.18. The van der Waals surface area contributed by atoms with E-state index in [0.29, 0.717) is 12.4 Å². The molecule has 0 radical (unpaired) electrons. The maximum atomic E-state index is 11.1. The van der Waals surface area contributed by atoms with Crippen LogP contribution in [0.2, 0.25) is 0 Å². The summed E-state index contributed by atoms with van der Waals surface area (Å²) < 4.78 is 8.22. The van der Waals surface area contributed by atoms with Gasteiger partial charge in [0.2, 0.25) is 0 Å². The molecule has 0 unspecified atom stereocenters. The summed E-state index contributed by atoms with van der Waals surface area (Å²) >= 11 is 2.07. The number of carboxylic acids is 1. The minimum Gasteiger partial charge on any atom is -0.488 e. The van der Waals surface area contributed by atoms with Crippen molar-refractivity contribution in [1.82, 2.24) is 9.78 Å². The maximum absolute atomic E-state index is 11.1. The van der Waals surface area contributed by atoms with Crippen LogP contribution in [0.4, 0.5) is 0 Å². The van der Waals surface area contributed by atoms with E-state index in [1.54, 1.807) is 23.0 Å². The first kappa shape index (κ1) is 13.9. The third-order valence-corrected chi connectivity index (χ3v) is 3.25. The van der Waals surface area contributed by atoms with E-state index in [9.17, 15) is 4.79 Å². The van der Waals surface area contributed by atoms with E-state index in [1.807, 2.05) is 19.2 Å².